The van der Waals surface area contributed by atoms with Gasteiger partial charge in [0.25, 0.3) is 11.8 Å². The topological polar surface area (TPSA) is 66.5 Å². The lowest BCUT2D eigenvalue weighted by Crippen LogP contribution is -2.30. The highest BCUT2D eigenvalue weighted by molar-refractivity contribution is 6.21. The van der Waals surface area contributed by atoms with Gasteiger partial charge in [-0.2, -0.15) is 0 Å². The van der Waals surface area contributed by atoms with Crippen molar-refractivity contribution in [1.82, 2.24) is 10.2 Å². The molecule has 1 aliphatic heterocycles. The zero-order valence-electron chi connectivity index (χ0n) is 17.7. The number of imide groups is 1. The van der Waals surface area contributed by atoms with E-state index in [2.05, 4.69) is 29.6 Å². The smallest absolute Gasteiger partial charge is 0.261 e. The van der Waals surface area contributed by atoms with Gasteiger partial charge in [0, 0.05) is 13.0 Å². The zero-order valence-corrected chi connectivity index (χ0v) is 17.7. The average Bonchev–Trinajstić information content (AvgIpc) is 3.26. The molecule has 0 spiro atoms. The maximum Gasteiger partial charge on any atom is 0.261 e. The molecule has 0 aromatic heterocycles. The molecule has 0 bridgehead atoms. The van der Waals surface area contributed by atoms with Gasteiger partial charge in [-0.05, 0) is 47.2 Å². The summed E-state index contributed by atoms with van der Waals surface area (Å²) in [5.41, 5.74) is 5.58. The van der Waals surface area contributed by atoms with E-state index in [-0.39, 0.29) is 23.8 Å². The van der Waals surface area contributed by atoms with Crippen molar-refractivity contribution in [2.45, 2.75) is 31.7 Å². The Morgan fingerprint density at radius 1 is 0.688 bits per heavy atom. The fraction of sp³-hybridized carbons (Fsp3) is 0.222. The van der Waals surface area contributed by atoms with Gasteiger partial charge >= 0.3 is 0 Å². The first-order valence-corrected chi connectivity index (χ1v) is 11.1. The maximum absolute atomic E-state index is 12.7. The highest BCUT2D eigenvalue weighted by Gasteiger charge is 2.34. The van der Waals surface area contributed by atoms with Crippen molar-refractivity contribution in [2.75, 3.05) is 6.54 Å². The Morgan fingerprint density at radius 2 is 1.19 bits per heavy atom. The van der Waals surface area contributed by atoms with Crippen LogP contribution in [0.1, 0.15) is 63.6 Å². The number of fused-ring (bicyclic) bond motifs is 4. The van der Waals surface area contributed by atoms with E-state index in [0.29, 0.717) is 36.9 Å². The molecule has 0 radical (unpaired) electrons. The van der Waals surface area contributed by atoms with Crippen LogP contribution in [0.4, 0.5) is 0 Å². The van der Waals surface area contributed by atoms with E-state index in [1.165, 1.54) is 16.0 Å². The van der Waals surface area contributed by atoms with Crippen molar-refractivity contribution in [3.05, 3.63) is 95.1 Å². The van der Waals surface area contributed by atoms with Gasteiger partial charge < -0.3 is 5.32 Å². The Bertz CT molecular complexity index is 1140. The molecule has 0 atom stereocenters. The number of carbonyl (C=O) groups excluding carboxylic acids is 3. The second kappa shape index (κ2) is 8.42. The van der Waals surface area contributed by atoms with E-state index in [4.69, 9.17) is 0 Å². The van der Waals surface area contributed by atoms with Crippen molar-refractivity contribution in [3.63, 3.8) is 0 Å². The highest BCUT2D eigenvalue weighted by Crippen LogP contribution is 2.43. The monoisotopic (exact) mass is 424 g/mol. The fourth-order valence-electron chi connectivity index (χ4n) is 4.72. The molecule has 2 aliphatic rings. The molecule has 0 saturated heterocycles. The predicted molar refractivity (Wildman–Crippen MR) is 122 cm³/mol. The average molecular weight is 425 g/mol. The van der Waals surface area contributed by atoms with Gasteiger partial charge in [0.1, 0.15) is 0 Å². The van der Waals surface area contributed by atoms with Gasteiger partial charge in [-0.3, -0.25) is 19.3 Å². The Labute approximate surface area is 187 Å². The molecule has 1 heterocycles. The van der Waals surface area contributed by atoms with Crippen LogP contribution in [0, 0.1) is 0 Å². The molecular formula is C27H24N2O3. The first kappa shape index (κ1) is 20.2. The van der Waals surface area contributed by atoms with Gasteiger partial charge in [0.2, 0.25) is 5.91 Å². The summed E-state index contributed by atoms with van der Waals surface area (Å²) < 4.78 is 0. The SMILES string of the molecule is O=C(CCCCCN1C(=O)c2ccccc2C1=O)NC1c2ccccc2-c2ccccc21. The standard InChI is InChI=1S/C27H24N2O3/c30-24(28-25-20-12-5-3-10-18(20)19-11-4-6-13-21(19)25)16-2-1-9-17-29-26(31)22-14-7-8-15-23(22)27(29)32/h3-8,10-15,25H,1-2,9,16-17H2,(H,28,30). The quantitative estimate of drug-likeness (QED) is 0.440. The van der Waals surface area contributed by atoms with Crippen LogP contribution in [0.15, 0.2) is 72.8 Å². The molecule has 1 N–H and O–H groups in total. The van der Waals surface area contributed by atoms with Crippen LogP contribution in [0.2, 0.25) is 0 Å². The molecule has 5 heteroatoms. The van der Waals surface area contributed by atoms with Crippen LogP contribution in [0.5, 0.6) is 0 Å². The summed E-state index contributed by atoms with van der Waals surface area (Å²) in [6.07, 6.45) is 2.60. The molecule has 5 nitrogen and oxygen atoms in total. The van der Waals surface area contributed by atoms with Crippen molar-refractivity contribution < 1.29 is 14.4 Å². The zero-order chi connectivity index (χ0) is 22.1. The molecule has 3 amide bonds. The molecule has 5 rings (SSSR count). The first-order chi connectivity index (χ1) is 15.6. The molecule has 0 unspecified atom stereocenters. The van der Waals surface area contributed by atoms with Crippen LogP contribution in [-0.4, -0.2) is 29.2 Å². The molecule has 0 fully saturated rings. The lowest BCUT2D eigenvalue weighted by molar-refractivity contribution is -0.121. The third kappa shape index (κ3) is 3.50. The molecular weight excluding hydrogens is 400 g/mol. The number of carbonyl (C=O) groups is 3. The lowest BCUT2D eigenvalue weighted by Gasteiger charge is -2.16. The summed E-state index contributed by atoms with van der Waals surface area (Å²) in [5.74, 6) is -0.425. The second-order valence-corrected chi connectivity index (χ2v) is 8.29. The van der Waals surface area contributed by atoms with Crippen LogP contribution in [0.25, 0.3) is 11.1 Å². The van der Waals surface area contributed by atoms with Crippen molar-refractivity contribution >= 4 is 17.7 Å². The second-order valence-electron chi connectivity index (χ2n) is 8.29. The van der Waals surface area contributed by atoms with Gasteiger partial charge in [0.15, 0.2) is 0 Å². The molecule has 0 saturated carbocycles. The van der Waals surface area contributed by atoms with Gasteiger partial charge in [-0.1, -0.05) is 67.1 Å². The van der Waals surface area contributed by atoms with Crippen LogP contribution in [0.3, 0.4) is 0 Å². The Kier molecular flexibility index (Phi) is 5.31. The van der Waals surface area contributed by atoms with E-state index in [1.807, 2.05) is 24.3 Å². The van der Waals surface area contributed by atoms with E-state index in [9.17, 15) is 14.4 Å². The summed E-state index contributed by atoms with van der Waals surface area (Å²) in [4.78, 5) is 38.8. The molecule has 160 valence electrons. The highest BCUT2D eigenvalue weighted by atomic mass is 16.2. The van der Waals surface area contributed by atoms with Crippen LogP contribution in [-0.2, 0) is 4.79 Å². The molecule has 3 aromatic carbocycles. The summed E-state index contributed by atoms with van der Waals surface area (Å²) in [6, 6.07) is 23.2. The minimum atomic E-state index is -0.220. The van der Waals surface area contributed by atoms with Crippen molar-refractivity contribution in [1.29, 1.82) is 0 Å². The predicted octanol–water partition coefficient (Wildman–Crippen LogP) is 4.73. The minimum absolute atomic E-state index is 0.0160. The Hall–Kier alpha value is -3.73. The summed E-state index contributed by atoms with van der Waals surface area (Å²) in [5, 5.41) is 3.19. The maximum atomic E-state index is 12.7. The number of amides is 3. The third-order valence-electron chi connectivity index (χ3n) is 6.30. The number of rotatable bonds is 7. The number of nitrogens with one attached hydrogen (secondary N) is 1. The normalized spacial score (nSPS) is 14.3. The number of unbranched alkanes of at least 4 members (excludes halogenated alkanes) is 2. The number of hydrogen-bond acceptors (Lipinski definition) is 3. The van der Waals surface area contributed by atoms with E-state index < -0.39 is 0 Å². The Morgan fingerprint density at radius 3 is 1.75 bits per heavy atom. The molecule has 3 aromatic rings. The summed E-state index contributed by atoms with van der Waals surface area (Å²) in [6.45, 7) is 0.386. The Balaban J connectivity index is 1.12. The summed E-state index contributed by atoms with van der Waals surface area (Å²) in [7, 11) is 0. The number of hydrogen-bond donors (Lipinski definition) is 1. The largest absolute Gasteiger partial charge is 0.345 e. The summed E-state index contributed by atoms with van der Waals surface area (Å²) >= 11 is 0. The number of nitrogens with zero attached hydrogens (tertiary/aromatic N) is 1. The van der Waals surface area contributed by atoms with E-state index in [0.717, 1.165) is 17.5 Å². The van der Waals surface area contributed by atoms with Crippen molar-refractivity contribution in [3.8, 4) is 11.1 Å². The van der Waals surface area contributed by atoms with Gasteiger partial charge in [0.05, 0.1) is 17.2 Å². The van der Waals surface area contributed by atoms with Gasteiger partial charge in [-0.15, -0.1) is 0 Å². The minimum Gasteiger partial charge on any atom is -0.345 e. The first-order valence-electron chi connectivity index (χ1n) is 11.1. The van der Waals surface area contributed by atoms with E-state index in [1.54, 1.807) is 24.3 Å². The molecule has 32 heavy (non-hydrogen) atoms. The third-order valence-corrected chi connectivity index (χ3v) is 6.30. The van der Waals surface area contributed by atoms with Crippen molar-refractivity contribution in [2.24, 2.45) is 0 Å². The molecule has 1 aliphatic carbocycles. The van der Waals surface area contributed by atoms with E-state index >= 15 is 0 Å². The lowest BCUT2D eigenvalue weighted by atomic mass is 10.0. The van der Waals surface area contributed by atoms with Gasteiger partial charge in [-0.25, -0.2) is 0 Å². The number of benzene rings is 3. The van der Waals surface area contributed by atoms with Crippen LogP contribution < -0.4 is 5.32 Å². The fourth-order valence-corrected chi connectivity index (χ4v) is 4.72. The van der Waals surface area contributed by atoms with Crippen LogP contribution >= 0.6 is 0 Å².